The minimum atomic E-state index is 0. The molecule has 0 amide bonds. The highest BCUT2D eigenvalue weighted by Crippen LogP contribution is 2.34. The molecule has 1 N–H and O–H groups in total. The normalized spacial score (nSPS) is 14.2. The maximum Gasteiger partial charge on any atom is 0.193 e. The molecule has 0 spiro atoms. The van der Waals surface area contributed by atoms with E-state index in [4.69, 9.17) is 14.2 Å². The number of hydrogen-bond donors (Lipinski definition) is 1. The monoisotopic (exact) mass is 449 g/mol. The van der Waals surface area contributed by atoms with Gasteiger partial charge in [0, 0.05) is 44.4 Å². The molecule has 1 heterocycles. The summed E-state index contributed by atoms with van der Waals surface area (Å²) in [5.74, 6) is 3.25. The van der Waals surface area contributed by atoms with Crippen molar-refractivity contribution in [3.05, 3.63) is 17.7 Å². The molecule has 0 saturated carbocycles. The van der Waals surface area contributed by atoms with Crippen molar-refractivity contribution in [3.8, 4) is 17.2 Å². The Bertz CT molecular complexity index is 521. The van der Waals surface area contributed by atoms with Crippen molar-refractivity contribution < 1.29 is 14.2 Å². The summed E-state index contributed by atoms with van der Waals surface area (Å²) < 4.78 is 16.3. The molecule has 1 aliphatic rings. The number of benzene rings is 1. The third-order valence-corrected chi connectivity index (χ3v) is 4.09. The van der Waals surface area contributed by atoms with Crippen LogP contribution in [0.1, 0.15) is 18.4 Å². The van der Waals surface area contributed by atoms with Crippen LogP contribution in [0.5, 0.6) is 17.2 Å². The highest BCUT2D eigenvalue weighted by molar-refractivity contribution is 14.0. The van der Waals surface area contributed by atoms with E-state index in [0.29, 0.717) is 0 Å². The van der Waals surface area contributed by atoms with E-state index >= 15 is 0 Å². The van der Waals surface area contributed by atoms with E-state index in [1.165, 1.54) is 12.8 Å². The third kappa shape index (κ3) is 5.06. The van der Waals surface area contributed by atoms with E-state index in [1.54, 1.807) is 21.3 Å². The summed E-state index contributed by atoms with van der Waals surface area (Å²) in [6.07, 6.45) is 3.25. The summed E-state index contributed by atoms with van der Waals surface area (Å²) >= 11 is 0. The summed E-state index contributed by atoms with van der Waals surface area (Å²) in [6, 6.07) is 3.76. The van der Waals surface area contributed by atoms with Crippen molar-refractivity contribution in [2.24, 2.45) is 4.99 Å². The Morgan fingerprint density at radius 1 is 1.08 bits per heavy atom. The highest BCUT2D eigenvalue weighted by atomic mass is 127. The van der Waals surface area contributed by atoms with Gasteiger partial charge in [0.2, 0.25) is 0 Å². The van der Waals surface area contributed by atoms with Crippen molar-refractivity contribution in [2.45, 2.75) is 19.3 Å². The number of halogens is 1. The summed E-state index contributed by atoms with van der Waals surface area (Å²) in [5.41, 5.74) is 1.03. The summed E-state index contributed by atoms with van der Waals surface area (Å²) in [7, 11) is 6.79. The number of nitrogens with one attached hydrogen (secondary N) is 1. The first kappa shape index (κ1) is 20.7. The molecule has 2 rings (SSSR count). The molecule has 7 heteroatoms. The number of hydrogen-bond acceptors (Lipinski definition) is 4. The molecule has 0 bridgehead atoms. The molecule has 1 fully saturated rings. The zero-order valence-electron chi connectivity index (χ0n) is 14.9. The van der Waals surface area contributed by atoms with Crippen LogP contribution >= 0.6 is 24.0 Å². The number of methoxy groups -OCH3 is 3. The molecule has 1 aromatic rings. The second-order valence-electron chi connectivity index (χ2n) is 5.43. The summed E-state index contributed by atoms with van der Waals surface area (Å²) in [5, 5.41) is 3.42. The molecular formula is C17H28IN3O3. The molecule has 1 aliphatic heterocycles. The largest absolute Gasteiger partial charge is 0.496 e. The first-order chi connectivity index (χ1) is 11.2. The molecule has 0 aromatic heterocycles. The lowest BCUT2D eigenvalue weighted by molar-refractivity contribution is 0.368. The van der Waals surface area contributed by atoms with Crippen LogP contribution in [0, 0.1) is 0 Å². The molecule has 0 atom stereocenters. The first-order valence-electron chi connectivity index (χ1n) is 7.98. The average molecular weight is 449 g/mol. The van der Waals surface area contributed by atoms with E-state index < -0.39 is 0 Å². The zero-order chi connectivity index (χ0) is 16.7. The van der Waals surface area contributed by atoms with Gasteiger partial charge in [0.25, 0.3) is 0 Å². The van der Waals surface area contributed by atoms with Crippen molar-refractivity contribution in [3.63, 3.8) is 0 Å². The lowest BCUT2D eigenvalue weighted by Crippen LogP contribution is -2.40. The van der Waals surface area contributed by atoms with E-state index in [2.05, 4.69) is 15.2 Å². The van der Waals surface area contributed by atoms with Crippen LogP contribution < -0.4 is 19.5 Å². The van der Waals surface area contributed by atoms with Crippen LogP contribution in [0.2, 0.25) is 0 Å². The van der Waals surface area contributed by atoms with Gasteiger partial charge in [-0.25, -0.2) is 0 Å². The van der Waals surface area contributed by atoms with Gasteiger partial charge >= 0.3 is 0 Å². The SMILES string of the molecule is CN=C(NCCc1c(OC)cc(OC)cc1OC)N1CCCC1.I. The van der Waals surface area contributed by atoms with E-state index in [-0.39, 0.29) is 24.0 Å². The Hall–Kier alpha value is -1.38. The van der Waals surface area contributed by atoms with Gasteiger partial charge in [0.05, 0.1) is 21.3 Å². The Morgan fingerprint density at radius 3 is 2.12 bits per heavy atom. The molecule has 136 valence electrons. The molecule has 24 heavy (non-hydrogen) atoms. The van der Waals surface area contributed by atoms with Gasteiger partial charge in [-0.05, 0) is 19.3 Å². The molecule has 0 aliphatic carbocycles. The predicted octanol–water partition coefficient (Wildman–Crippen LogP) is 2.54. The van der Waals surface area contributed by atoms with Crippen LogP contribution in [-0.4, -0.2) is 58.9 Å². The minimum Gasteiger partial charge on any atom is -0.496 e. The Kier molecular flexibility index (Phi) is 9.02. The van der Waals surface area contributed by atoms with Crippen molar-refractivity contribution >= 4 is 29.9 Å². The van der Waals surface area contributed by atoms with Gasteiger partial charge in [-0.3, -0.25) is 4.99 Å². The lowest BCUT2D eigenvalue weighted by Gasteiger charge is -2.21. The molecule has 0 radical (unpaired) electrons. The van der Waals surface area contributed by atoms with Crippen LogP contribution in [-0.2, 0) is 6.42 Å². The number of nitrogens with zero attached hydrogens (tertiary/aromatic N) is 2. The van der Waals surface area contributed by atoms with Gasteiger partial charge in [-0.1, -0.05) is 0 Å². The maximum atomic E-state index is 5.49. The van der Waals surface area contributed by atoms with E-state index in [9.17, 15) is 0 Å². The van der Waals surface area contributed by atoms with Gasteiger partial charge in [0.15, 0.2) is 5.96 Å². The van der Waals surface area contributed by atoms with E-state index in [0.717, 1.165) is 54.8 Å². The molecule has 1 saturated heterocycles. The standard InChI is InChI=1S/C17H27N3O3.HI/c1-18-17(20-9-5-6-10-20)19-8-7-14-15(22-3)11-13(21-2)12-16(14)23-4;/h11-12H,5-10H2,1-4H3,(H,18,19);1H. The summed E-state index contributed by atoms with van der Waals surface area (Å²) in [4.78, 5) is 6.66. The maximum absolute atomic E-state index is 5.49. The van der Waals surface area contributed by atoms with Crippen LogP contribution in [0.15, 0.2) is 17.1 Å². The Labute approximate surface area is 161 Å². The van der Waals surface area contributed by atoms with Crippen LogP contribution in [0.3, 0.4) is 0 Å². The smallest absolute Gasteiger partial charge is 0.193 e. The topological polar surface area (TPSA) is 55.3 Å². The molecule has 1 aromatic carbocycles. The van der Waals surface area contributed by atoms with Gasteiger partial charge in [0.1, 0.15) is 17.2 Å². The zero-order valence-corrected chi connectivity index (χ0v) is 17.3. The van der Waals surface area contributed by atoms with Crippen molar-refractivity contribution in [1.82, 2.24) is 10.2 Å². The number of likely N-dealkylation sites (tertiary alicyclic amines) is 1. The van der Waals surface area contributed by atoms with Gasteiger partial charge < -0.3 is 24.4 Å². The summed E-state index contributed by atoms with van der Waals surface area (Å²) in [6.45, 7) is 2.92. The van der Waals surface area contributed by atoms with Crippen LogP contribution in [0.4, 0.5) is 0 Å². The fourth-order valence-corrected chi connectivity index (χ4v) is 2.88. The molecule has 6 nitrogen and oxygen atoms in total. The average Bonchev–Trinajstić information content (AvgIpc) is 3.12. The number of aliphatic imine (C=N–C) groups is 1. The molecule has 0 unspecified atom stereocenters. The first-order valence-corrected chi connectivity index (χ1v) is 7.98. The number of rotatable bonds is 6. The predicted molar refractivity (Wildman–Crippen MR) is 107 cm³/mol. The Morgan fingerprint density at radius 2 is 1.67 bits per heavy atom. The highest BCUT2D eigenvalue weighted by Gasteiger charge is 2.17. The fourth-order valence-electron chi connectivity index (χ4n) is 2.88. The second-order valence-corrected chi connectivity index (χ2v) is 5.43. The van der Waals surface area contributed by atoms with Crippen LogP contribution in [0.25, 0.3) is 0 Å². The molecular weight excluding hydrogens is 421 g/mol. The van der Waals surface area contributed by atoms with E-state index in [1.807, 2.05) is 19.2 Å². The third-order valence-electron chi connectivity index (χ3n) is 4.09. The quantitative estimate of drug-likeness (QED) is 0.411. The second kappa shape index (κ2) is 10.5. The lowest BCUT2D eigenvalue weighted by atomic mass is 10.1. The number of ether oxygens (including phenoxy) is 3. The fraction of sp³-hybridized carbons (Fsp3) is 0.588. The Balaban J connectivity index is 0.00000288. The van der Waals surface area contributed by atoms with Crippen molar-refractivity contribution in [2.75, 3.05) is 48.0 Å². The van der Waals surface area contributed by atoms with Gasteiger partial charge in [-0.2, -0.15) is 0 Å². The minimum absolute atomic E-state index is 0. The van der Waals surface area contributed by atoms with Gasteiger partial charge in [-0.15, -0.1) is 24.0 Å². The number of guanidine groups is 1. The van der Waals surface area contributed by atoms with Crippen molar-refractivity contribution in [1.29, 1.82) is 0 Å².